The van der Waals surface area contributed by atoms with Gasteiger partial charge < -0.3 is 5.32 Å². The average Bonchev–Trinajstić information content (AvgIpc) is 2.96. The highest BCUT2D eigenvalue weighted by Gasteiger charge is 2.11. The maximum absolute atomic E-state index is 12.5. The number of pyridine rings is 1. The number of nitrogens with zero attached hydrogens (tertiary/aromatic N) is 4. The molecule has 2 aromatic heterocycles. The zero-order valence-electron chi connectivity index (χ0n) is 18.5. The van der Waals surface area contributed by atoms with Gasteiger partial charge in [-0.1, -0.05) is 37.1 Å². The van der Waals surface area contributed by atoms with Crippen molar-refractivity contribution in [2.24, 2.45) is 0 Å². The molecule has 6 heteroatoms. The fourth-order valence-electron chi connectivity index (χ4n) is 4.11. The molecule has 4 rings (SSSR count). The number of likely N-dealkylation sites (tertiary alicyclic amines) is 1. The summed E-state index contributed by atoms with van der Waals surface area (Å²) in [6.07, 6.45) is 6.93. The summed E-state index contributed by atoms with van der Waals surface area (Å²) in [5, 5.41) is 7.42. The summed E-state index contributed by atoms with van der Waals surface area (Å²) < 4.78 is 1.78. The van der Waals surface area contributed by atoms with Crippen LogP contribution in [-0.2, 0) is 13.1 Å². The van der Waals surface area contributed by atoms with Crippen LogP contribution in [0.3, 0.4) is 0 Å². The maximum atomic E-state index is 12.5. The molecular weight excluding hydrogens is 386 g/mol. The number of amides is 1. The Hall–Kier alpha value is -2.99. The smallest absolute Gasteiger partial charge is 0.253 e. The van der Waals surface area contributed by atoms with E-state index in [2.05, 4.69) is 44.6 Å². The predicted molar refractivity (Wildman–Crippen MR) is 122 cm³/mol. The number of rotatable bonds is 6. The van der Waals surface area contributed by atoms with E-state index in [0.29, 0.717) is 17.9 Å². The van der Waals surface area contributed by atoms with E-state index in [1.165, 1.54) is 44.3 Å². The van der Waals surface area contributed by atoms with Crippen molar-refractivity contribution in [3.05, 3.63) is 76.7 Å². The zero-order chi connectivity index (χ0) is 21.6. The fourth-order valence-corrected chi connectivity index (χ4v) is 4.11. The third kappa shape index (κ3) is 5.58. The summed E-state index contributed by atoms with van der Waals surface area (Å²) >= 11 is 0. The predicted octanol–water partition coefficient (Wildman–Crippen LogP) is 4.19. The summed E-state index contributed by atoms with van der Waals surface area (Å²) in [6.45, 7) is 7.85. The molecule has 1 amide bonds. The molecule has 0 radical (unpaired) electrons. The Bertz CT molecular complexity index is 999. The number of nitrogens with one attached hydrogen (secondary N) is 1. The van der Waals surface area contributed by atoms with Crippen molar-refractivity contribution in [3.63, 3.8) is 0 Å². The van der Waals surface area contributed by atoms with Crippen molar-refractivity contribution >= 4 is 5.91 Å². The van der Waals surface area contributed by atoms with Crippen LogP contribution in [0, 0.1) is 13.8 Å². The number of aryl methyl sites for hydroxylation is 2. The summed E-state index contributed by atoms with van der Waals surface area (Å²) in [5.41, 5.74) is 4.93. The molecule has 1 aliphatic heterocycles. The lowest BCUT2D eigenvalue weighted by atomic mass is 10.1. The van der Waals surface area contributed by atoms with Crippen LogP contribution in [0.1, 0.15) is 58.6 Å². The van der Waals surface area contributed by atoms with Crippen molar-refractivity contribution in [1.29, 1.82) is 0 Å². The number of aromatic nitrogens is 3. The van der Waals surface area contributed by atoms with E-state index in [1.54, 1.807) is 16.9 Å². The fraction of sp³-hybridized carbons (Fsp3) is 0.400. The zero-order valence-corrected chi connectivity index (χ0v) is 18.5. The second kappa shape index (κ2) is 9.88. The molecule has 0 bridgehead atoms. The van der Waals surface area contributed by atoms with Crippen LogP contribution in [0.4, 0.5) is 0 Å². The van der Waals surface area contributed by atoms with Gasteiger partial charge in [0.25, 0.3) is 5.91 Å². The van der Waals surface area contributed by atoms with E-state index in [1.807, 2.05) is 26.0 Å². The number of benzene rings is 1. The lowest BCUT2D eigenvalue weighted by molar-refractivity contribution is 0.0950. The Balaban J connectivity index is 1.30. The van der Waals surface area contributed by atoms with Gasteiger partial charge in [-0.15, -0.1) is 0 Å². The minimum Gasteiger partial charge on any atom is -0.348 e. The molecule has 0 spiro atoms. The molecular formula is C25H31N5O. The first-order valence-electron chi connectivity index (χ1n) is 11.2. The van der Waals surface area contributed by atoms with Gasteiger partial charge in [0.2, 0.25) is 0 Å². The highest BCUT2D eigenvalue weighted by Crippen LogP contribution is 2.14. The first kappa shape index (κ1) is 21.2. The van der Waals surface area contributed by atoms with E-state index < -0.39 is 0 Å². The molecule has 1 aromatic carbocycles. The van der Waals surface area contributed by atoms with E-state index in [-0.39, 0.29) is 5.91 Å². The molecule has 162 valence electrons. The average molecular weight is 418 g/mol. The minimum absolute atomic E-state index is 0.124. The normalized spacial score (nSPS) is 14.9. The first-order valence-corrected chi connectivity index (χ1v) is 11.2. The molecule has 31 heavy (non-hydrogen) atoms. The Kier molecular flexibility index (Phi) is 6.77. The number of carbonyl (C=O) groups excluding carboxylic acids is 1. The summed E-state index contributed by atoms with van der Waals surface area (Å²) in [4.78, 5) is 19.5. The van der Waals surface area contributed by atoms with E-state index in [4.69, 9.17) is 0 Å². The quantitative estimate of drug-likeness (QED) is 0.653. The summed E-state index contributed by atoms with van der Waals surface area (Å²) in [6, 6.07) is 14.2. The van der Waals surface area contributed by atoms with Crippen LogP contribution in [0.2, 0.25) is 0 Å². The number of hydrogen-bond acceptors (Lipinski definition) is 4. The van der Waals surface area contributed by atoms with Crippen LogP contribution in [0.25, 0.3) is 5.82 Å². The molecule has 3 heterocycles. The van der Waals surface area contributed by atoms with Crippen LogP contribution in [0.5, 0.6) is 0 Å². The van der Waals surface area contributed by atoms with Gasteiger partial charge >= 0.3 is 0 Å². The Morgan fingerprint density at radius 2 is 1.68 bits per heavy atom. The molecule has 1 saturated heterocycles. The third-order valence-corrected chi connectivity index (χ3v) is 5.82. The number of carbonyl (C=O) groups is 1. The highest BCUT2D eigenvalue weighted by molar-refractivity contribution is 5.93. The van der Waals surface area contributed by atoms with Gasteiger partial charge in [-0.3, -0.25) is 9.69 Å². The Morgan fingerprint density at radius 3 is 2.29 bits per heavy atom. The summed E-state index contributed by atoms with van der Waals surface area (Å²) in [5.74, 6) is 0.586. The molecule has 0 aliphatic carbocycles. The van der Waals surface area contributed by atoms with Gasteiger partial charge in [0.1, 0.15) is 0 Å². The van der Waals surface area contributed by atoms with Crippen molar-refractivity contribution in [1.82, 2.24) is 25.0 Å². The van der Waals surface area contributed by atoms with E-state index in [9.17, 15) is 4.79 Å². The monoisotopic (exact) mass is 417 g/mol. The van der Waals surface area contributed by atoms with Crippen LogP contribution < -0.4 is 5.32 Å². The SMILES string of the molecule is Cc1cc(C)n(-c2ccc(C(=O)NCc3ccc(CN4CCCCCC4)cc3)cn2)n1. The van der Waals surface area contributed by atoms with Crippen molar-refractivity contribution in [2.75, 3.05) is 13.1 Å². The van der Waals surface area contributed by atoms with Crippen LogP contribution in [-0.4, -0.2) is 38.7 Å². The lowest BCUT2D eigenvalue weighted by Crippen LogP contribution is -2.24. The molecule has 1 aliphatic rings. The molecule has 0 saturated carbocycles. The topological polar surface area (TPSA) is 63.1 Å². The highest BCUT2D eigenvalue weighted by atomic mass is 16.1. The minimum atomic E-state index is -0.124. The van der Waals surface area contributed by atoms with Gasteiger partial charge in [-0.25, -0.2) is 9.67 Å². The van der Waals surface area contributed by atoms with Crippen molar-refractivity contribution in [3.8, 4) is 5.82 Å². The third-order valence-electron chi connectivity index (χ3n) is 5.82. The molecule has 0 unspecified atom stereocenters. The van der Waals surface area contributed by atoms with Gasteiger partial charge in [-0.05, 0) is 69.1 Å². The first-order chi connectivity index (χ1) is 15.1. The Morgan fingerprint density at radius 1 is 0.968 bits per heavy atom. The van der Waals surface area contributed by atoms with Crippen molar-refractivity contribution < 1.29 is 4.79 Å². The van der Waals surface area contributed by atoms with Crippen LogP contribution >= 0.6 is 0 Å². The molecule has 1 fully saturated rings. The summed E-state index contributed by atoms with van der Waals surface area (Å²) in [7, 11) is 0. The molecule has 3 aromatic rings. The standard InChI is InChI=1S/C25H31N5O/c1-19-15-20(2)30(28-19)24-12-11-23(17-26-24)25(31)27-16-21-7-9-22(10-8-21)18-29-13-5-3-4-6-14-29/h7-12,15,17H,3-6,13-14,16,18H2,1-2H3,(H,27,31). The van der Waals surface area contributed by atoms with E-state index in [0.717, 1.165) is 23.5 Å². The van der Waals surface area contributed by atoms with Gasteiger partial charge in [-0.2, -0.15) is 5.10 Å². The van der Waals surface area contributed by atoms with Gasteiger partial charge in [0.05, 0.1) is 11.3 Å². The molecule has 1 N–H and O–H groups in total. The second-order valence-corrected chi connectivity index (χ2v) is 8.43. The Labute approximate surface area is 184 Å². The van der Waals surface area contributed by atoms with Crippen LogP contribution in [0.15, 0.2) is 48.7 Å². The lowest BCUT2D eigenvalue weighted by Gasteiger charge is -2.19. The largest absolute Gasteiger partial charge is 0.348 e. The van der Waals surface area contributed by atoms with Gasteiger partial charge in [0.15, 0.2) is 5.82 Å². The van der Waals surface area contributed by atoms with Gasteiger partial charge in [0, 0.05) is 25.0 Å². The molecule has 0 atom stereocenters. The van der Waals surface area contributed by atoms with Crippen molar-refractivity contribution in [2.45, 2.75) is 52.6 Å². The molecule has 6 nitrogen and oxygen atoms in total. The number of hydrogen-bond donors (Lipinski definition) is 1. The second-order valence-electron chi connectivity index (χ2n) is 8.43. The van der Waals surface area contributed by atoms with E-state index >= 15 is 0 Å². The maximum Gasteiger partial charge on any atom is 0.253 e.